The highest BCUT2D eigenvalue weighted by molar-refractivity contribution is 6.05. The van der Waals surface area contributed by atoms with Crippen LogP contribution in [0.2, 0.25) is 0 Å². The van der Waals surface area contributed by atoms with Gasteiger partial charge in [0.1, 0.15) is 17.1 Å². The molecule has 0 fully saturated rings. The monoisotopic (exact) mass is 569 g/mol. The number of hydrogen-bond donors (Lipinski definition) is 1. The van der Waals surface area contributed by atoms with E-state index in [-0.39, 0.29) is 17.0 Å². The van der Waals surface area contributed by atoms with Crippen LogP contribution in [-0.2, 0) is 6.54 Å². The van der Waals surface area contributed by atoms with Gasteiger partial charge in [0.2, 0.25) is 0 Å². The van der Waals surface area contributed by atoms with E-state index in [9.17, 15) is 9.59 Å². The van der Waals surface area contributed by atoms with Crippen molar-refractivity contribution in [3.8, 4) is 22.9 Å². The van der Waals surface area contributed by atoms with E-state index < -0.39 is 17.3 Å². The van der Waals surface area contributed by atoms with E-state index in [1.807, 2.05) is 49.1 Å². The van der Waals surface area contributed by atoms with Crippen molar-refractivity contribution in [1.29, 1.82) is 0 Å². The molecule has 1 amide bonds. The first kappa shape index (κ1) is 28.6. The highest BCUT2D eigenvalue weighted by Crippen LogP contribution is 2.33. The Morgan fingerprint density at radius 2 is 1.81 bits per heavy atom. The van der Waals surface area contributed by atoms with Crippen LogP contribution < -0.4 is 20.3 Å². The fourth-order valence-corrected chi connectivity index (χ4v) is 4.83. The standard InChI is InChI=1S/C32H32FN5O4/c1-21-30(32(40)38(23-9-6-5-7-10-23)37(21)18-8-17-36(2)3)31(39)35-22-11-14-29(26(33)19-22)42-28-15-16-34-27-20-24(41-4)12-13-25(27)28/h5-7,9-16,19-20H,8,17-18H2,1-4H3,(H,35,39). The molecule has 5 aromatic rings. The number of fused-ring (bicyclic) bond motifs is 1. The van der Waals surface area contributed by atoms with Crippen molar-refractivity contribution in [2.75, 3.05) is 33.1 Å². The summed E-state index contributed by atoms with van der Waals surface area (Å²) in [6.07, 6.45) is 2.35. The Kier molecular flexibility index (Phi) is 8.35. The molecule has 5 rings (SSSR count). The minimum Gasteiger partial charge on any atom is -0.497 e. The average molecular weight is 570 g/mol. The summed E-state index contributed by atoms with van der Waals surface area (Å²) < 4.78 is 29.6. The Hall–Kier alpha value is -4.96. The van der Waals surface area contributed by atoms with Crippen molar-refractivity contribution in [2.45, 2.75) is 19.9 Å². The number of carbonyl (C=O) groups excluding carboxylic acids is 1. The second-order valence-corrected chi connectivity index (χ2v) is 10.1. The molecule has 0 aliphatic heterocycles. The molecule has 0 saturated heterocycles. The molecule has 10 heteroatoms. The quantitative estimate of drug-likeness (QED) is 0.234. The van der Waals surface area contributed by atoms with Gasteiger partial charge in [0.05, 0.1) is 24.0 Å². The molecule has 0 aliphatic rings. The minimum absolute atomic E-state index is 0.00289. The summed E-state index contributed by atoms with van der Waals surface area (Å²) in [6.45, 7) is 3.11. The first-order chi connectivity index (χ1) is 20.3. The number of nitrogens with one attached hydrogen (secondary N) is 1. The minimum atomic E-state index is -0.675. The predicted octanol–water partition coefficient (Wildman–Crippen LogP) is 5.64. The van der Waals surface area contributed by atoms with E-state index in [0.29, 0.717) is 40.3 Å². The zero-order valence-corrected chi connectivity index (χ0v) is 23.9. The molecule has 0 radical (unpaired) electrons. The number of halogens is 1. The smallest absolute Gasteiger partial charge is 0.284 e. The number of rotatable bonds is 10. The molecule has 42 heavy (non-hydrogen) atoms. The van der Waals surface area contributed by atoms with Gasteiger partial charge >= 0.3 is 0 Å². The van der Waals surface area contributed by atoms with E-state index in [4.69, 9.17) is 9.47 Å². The Morgan fingerprint density at radius 3 is 2.52 bits per heavy atom. The molecule has 216 valence electrons. The summed E-state index contributed by atoms with van der Waals surface area (Å²) in [6, 6.07) is 20.3. The van der Waals surface area contributed by atoms with Crippen LogP contribution in [0.4, 0.5) is 10.1 Å². The predicted molar refractivity (Wildman–Crippen MR) is 161 cm³/mol. The maximum atomic E-state index is 15.2. The van der Waals surface area contributed by atoms with Crippen molar-refractivity contribution in [1.82, 2.24) is 19.2 Å². The normalized spacial score (nSPS) is 11.2. The number of pyridine rings is 1. The first-order valence-electron chi connectivity index (χ1n) is 13.5. The van der Waals surface area contributed by atoms with Gasteiger partial charge in [-0.15, -0.1) is 0 Å². The molecular formula is C32H32FN5O4. The Balaban J connectivity index is 1.40. The maximum absolute atomic E-state index is 15.2. The summed E-state index contributed by atoms with van der Waals surface area (Å²) >= 11 is 0. The zero-order chi connectivity index (χ0) is 29.8. The van der Waals surface area contributed by atoms with Crippen molar-refractivity contribution in [3.63, 3.8) is 0 Å². The van der Waals surface area contributed by atoms with Gasteiger partial charge < -0.3 is 19.7 Å². The van der Waals surface area contributed by atoms with Crippen LogP contribution in [0.25, 0.3) is 16.6 Å². The number of amides is 1. The second kappa shape index (κ2) is 12.3. The van der Waals surface area contributed by atoms with E-state index in [0.717, 1.165) is 13.0 Å². The fraction of sp³-hybridized carbons (Fsp3) is 0.219. The summed E-state index contributed by atoms with van der Waals surface area (Å²) in [5.41, 5.74) is 1.58. The molecule has 0 aliphatic carbocycles. The number of para-hydroxylation sites is 1. The Labute approximate surface area is 242 Å². The Morgan fingerprint density at radius 1 is 1.02 bits per heavy atom. The lowest BCUT2D eigenvalue weighted by Crippen LogP contribution is -2.26. The summed E-state index contributed by atoms with van der Waals surface area (Å²) in [5, 5.41) is 3.38. The highest BCUT2D eigenvalue weighted by Gasteiger charge is 2.24. The van der Waals surface area contributed by atoms with Crippen LogP contribution in [0.3, 0.4) is 0 Å². The molecule has 0 atom stereocenters. The van der Waals surface area contributed by atoms with Gasteiger partial charge in [-0.2, -0.15) is 0 Å². The van der Waals surface area contributed by atoms with E-state index in [1.165, 1.54) is 22.9 Å². The molecule has 0 saturated carbocycles. The number of aromatic nitrogens is 3. The molecule has 2 heterocycles. The van der Waals surface area contributed by atoms with E-state index >= 15 is 4.39 Å². The zero-order valence-electron chi connectivity index (χ0n) is 23.9. The number of anilines is 1. The molecule has 0 bridgehead atoms. The van der Waals surface area contributed by atoms with Crippen molar-refractivity contribution < 1.29 is 18.7 Å². The number of benzene rings is 3. The largest absolute Gasteiger partial charge is 0.497 e. The SMILES string of the molecule is COc1ccc2c(Oc3ccc(NC(=O)c4c(C)n(CCCN(C)C)n(-c5ccccc5)c4=O)cc3F)ccnc2c1. The topological polar surface area (TPSA) is 90.6 Å². The van der Waals surface area contributed by atoms with Gasteiger partial charge in [-0.3, -0.25) is 19.3 Å². The Bertz CT molecular complexity index is 1800. The summed E-state index contributed by atoms with van der Waals surface area (Å²) in [5.74, 6) is -0.244. The van der Waals surface area contributed by atoms with Gasteiger partial charge in [0.15, 0.2) is 11.6 Å². The molecule has 2 aromatic heterocycles. The van der Waals surface area contributed by atoms with Gasteiger partial charge in [0.25, 0.3) is 11.5 Å². The van der Waals surface area contributed by atoms with Crippen LogP contribution >= 0.6 is 0 Å². The second-order valence-electron chi connectivity index (χ2n) is 10.1. The number of hydrogen-bond acceptors (Lipinski definition) is 6. The first-order valence-corrected chi connectivity index (χ1v) is 13.5. The lowest BCUT2D eigenvalue weighted by molar-refractivity contribution is 0.102. The third kappa shape index (κ3) is 5.89. The lowest BCUT2D eigenvalue weighted by atomic mass is 10.2. The van der Waals surface area contributed by atoms with Crippen LogP contribution in [0.5, 0.6) is 17.2 Å². The third-order valence-corrected chi connectivity index (χ3v) is 6.92. The van der Waals surface area contributed by atoms with E-state index in [2.05, 4.69) is 15.2 Å². The molecule has 0 spiro atoms. The van der Waals surface area contributed by atoms with Crippen LogP contribution in [0, 0.1) is 12.7 Å². The average Bonchev–Trinajstić information content (AvgIpc) is 3.23. The van der Waals surface area contributed by atoms with Crippen LogP contribution in [-0.4, -0.2) is 52.9 Å². The third-order valence-electron chi connectivity index (χ3n) is 6.92. The lowest BCUT2D eigenvalue weighted by Gasteiger charge is -2.15. The molecule has 9 nitrogen and oxygen atoms in total. The van der Waals surface area contributed by atoms with Crippen molar-refractivity contribution in [2.24, 2.45) is 0 Å². The fourth-order valence-electron chi connectivity index (χ4n) is 4.83. The highest BCUT2D eigenvalue weighted by atomic mass is 19.1. The number of methoxy groups -OCH3 is 1. The summed E-state index contributed by atoms with van der Waals surface area (Å²) in [4.78, 5) is 33.4. The number of nitrogens with zero attached hydrogens (tertiary/aromatic N) is 4. The van der Waals surface area contributed by atoms with Crippen LogP contribution in [0.15, 0.2) is 83.8 Å². The number of carbonyl (C=O) groups is 1. The number of ether oxygens (including phenoxy) is 2. The maximum Gasteiger partial charge on any atom is 0.284 e. The van der Waals surface area contributed by atoms with Gasteiger partial charge in [-0.05, 0) is 76.4 Å². The van der Waals surface area contributed by atoms with Gasteiger partial charge in [-0.1, -0.05) is 18.2 Å². The molecular weight excluding hydrogens is 537 g/mol. The molecule has 0 unspecified atom stereocenters. The van der Waals surface area contributed by atoms with Crippen molar-refractivity contribution >= 4 is 22.5 Å². The van der Waals surface area contributed by atoms with Crippen LogP contribution in [0.1, 0.15) is 22.5 Å². The van der Waals surface area contributed by atoms with E-state index in [1.54, 1.807) is 44.5 Å². The molecule has 1 N–H and O–H groups in total. The van der Waals surface area contributed by atoms with Gasteiger partial charge in [0, 0.05) is 35.9 Å². The van der Waals surface area contributed by atoms with Crippen molar-refractivity contribution in [3.05, 3.63) is 106 Å². The van der Waals surface area contributed by atoms with Gasteiger partial charge in [-0.25, -0.2) is 9.07 Å². The summed E-state index contributed by atoms with van der Waals surface area (Å²) in [7, 11) is 5.54. The molecule has 3 aromatic carbocycles.